The van der Waals surface area contributed by atoms with Gasteiger partial charge in [0.1, 0.15) is 17.1 Å². The number of aromatic nitrogens is 3. The zero-order valence-electron chi connectivity index (χ0n) is 21.6. The molecule has 0 saturated carbocycles. The summed E-state index contributed by atoms with van der Waals surface area (Å²) in [5, 5.41) is 3.89. The minimum absolute atomic E-state index is 0.0698. The number of rotatable bonds is 2. The van der Waals surface area contributed by atoms with Crippen LogP contribution < -0.4 is 5.32 Å². The van der Waals surface area contributed by atoms with Gasteiger partial charge in [-0.25, -0.2) is 18.6 Å². The highest BCUT2D eigenvalue weighted by Gasteiger charge is 2.35. The normalized spacial score (nSPS) is 19.2. The molecule has 0 unspecified atom stereocenters. The largest absolute Gasteiger partial charge is 0.375 e. The smallest absolute Gasteiger partial charge is 0.320 e. The van der Waals surface area contributed by atoms with E-state index in [1.54, 1.807) is 22.9 Å². The zero-order valence-corrected chi connectivity index (χ0v) is 21.6. The van der Waals surface area contributed by atoms with Crippen LogP contribution in [-0.2, 0) is 17.9 Å². The van der Waals surface area contributed by atoms with Crippen molar-refractivity contribution >= 4 is 39.6 Å². The van der Waals surface area contributed by atoms with E-state index >= 15 is 4.39 Å². The van der Waals surface area contributed by atoms with E-state index in [1.807, 2.05) is 39.6 Å². The van der Waals surface area contributed by atoms with Gasteiger partial charge in [0.25, 0.3) is 0 Å². The summed E-state index contributed by atoms with van der Waals surface area (Å²) in [7, 11) is 0. The van der Waals surface area contributed by atoms with Gasteiger partial charge in [0, 0.05) is 56.1 Å². The number of ketones is 1. The predicted octanol–water partition coefficient (Wildman–Crippen LogP) is 4.23. The quantitative estimate of drug-likeness (QED) is 0.421. The Bertz CT molecular complexity index is 1690. The number of pyridine rings is 1. The molecule has 3 aromatic heterocycles. The number of urea groups is 1. The number of nitrogens with one attached hydrogen (secondary N) is 1. The second kappa shape index (κ2) is 8.65. The van der Waals surface area contributed by atoms with Gasteiger partial charge in [0.15, 0.2) is 5.78 Å². The number of alkyl halides is 1. The fourth-order valence-electron chi connectivity index (χ4n) is 6.13. The predicted molar refractivity (Wildman–Crippen MR) is 143 cm³/mol. The summed E-state index contributed by atoms with van der Waals surface area (Å²) >= 11 is 0. The van der Waals surface area contributed by atoms with Gasteiger partial charge >= 0.3 is 6.03 Å². The number of piperidine rings is 1. The van der Waals surface area contributed by atoms with Crippen LogP contribution in [-0.4, -0.2) is 67.4 Å². The first-order chi connectivity index (χ1) is 18.8. The average molecular weight is 531 g/mol. The molecule has 39 heavy (non-hydrogen) atoms. The molecule has 0 radical (unpaired) electrons. The number of nitrogens with zero attached hydrogens (tertiary/aromatic N) is 5. The molecule has 6 heterocycles. The second-order valence-electron chi connectivity index (χ2n) is 10.9. The van der Waals surface area contributed by atoms with E-state index in [0.29, 0.717) is 66.8 Å². The molecule has 1 N–H and O–H groups in total. The zero-order chi connectivity index (χ0) is 26.9. The van der Waals surface area contributed by atoms with Gasteiger partial charge < -0.3 is 19.7 Å². The molecular weight excluding hydrogens is 502 g/mol. The summed E-state index contributed by atoms with van der Waals surface area (Å²) in [5.74, 6) is -0.494. The highest BCUT2D eigenvalue weighted by molar-refractivity contribution is 6.33. The molecule has 7 rings (SSSR count). The molecule has 3 aliphatic rings. The maximum absolute atomic E-state index is 15.1. The van der Waals surface area contributed by atoms with E-state index in [-0.39, 0.29) is 24.9 Å². The summed E-state index contributed by atoms with van der Waals surface area (Å²) in [4.78, 5) is 34.5. The molecule has 2 amide bonds. The van der Waals surface area contributed by atoms with Crippen LogP contribution in [0.5, 0.6) is 0 Å². The molecule has 3 aliphatic heterocycles. The number of carbonyl (C=O) groups is 2. The number of fused-ring (bicyclic) bond motifs is 1. The van der Waals surface area contributed by atoms with Gasteiger partial charge in [0.05, 0.1) is 35.2 Å². The van der Waals surface area contributed by atoms with Gasteiger partial charge in [-0.15, -0.1) is 0 Å². The lowest BCUT2D eigenvalue weighted by Crippen LogP contribution is -2.49. The van der Waals surface area contributed by atoms with Crippen LogP contribution in [0.1, 0.15) is 36.6 Å². The first-order valence-corrected chi connectivity index (χ1v) is 13.3. The molecule has 0 spiro atoms. The van der Waals surface area contributed by atoms with E-state index in [1.165, 1.54) is 12.1 Å². The minimum Gasteiger partial charge on any atom is -0.375 e. The third-order valence-corrected chi connectivity index (χ3v) is 8.23. The maximum Gasteiger partial charge on any atom is 0.320 e. The van der Waals surface area contributed by atoms with Gasteiger partial charge in [0.2, 0.25) is 0 Å². The van der Waals surface area contributed by atoms with Crippen LogP contribution in [0.3, 0.4) is 0 Å². The van der Waals surface area contributed by atoms with Crippen LogP contribution in [0.4, 0.5) is 13.6 Å². The van der Waals surface area contributed by atoms with Crippen LogP contribution in [0.2, 0.25) is 0 Å². The van der Waals surface area contributed by atoms with Crippen LogP contribution in [0.15, 0.2) is 48.9 Å². The molecule has 4 aromatic rings. The van der Waals surface area contributed by atoms with Crippen molar-refractivity contribution in [1.29, 1.82) is 0 Å². The summed E-state index contributed by atoms with van der Waals surface area (Å²) in [5.41, 5.74) is 3.63. The Morgan fingerprint density at radius 2 is 1.92 bits per heavy atom. The topological polar surface area (TPSA) is 74.9 Å². The molecule has 1 aromatic carbocycles. The van der Waals surface area contributed by atoms with Crippen molar-refractivity contribution < 1.29 is 18.4 Å². The lowest BCUT2D eigenvalue weighted by molar-refractivity contribution is -0.112. The van der Waals surface area contributed by atoms with E-state index < -0.39 is 11.5 Å². The number of amides is 2. The van der Waals surface area contributed by atoms with Crippen molar-refractivity contribution in [3.8, 4) is 0 Å². The Hall–Kier alpha value is -4.21. The van der Waals surface area contributed by atoms with E-state index in [9.17, 15) is 14.0 Å². The van der Waals surface area contributed by atoms with E-state index in [4.69, 9.17) is 0 Å². The summed E-state index contributed by atoms with van der Waals surface area (Å²) in [6, 6.07) is 8.50. The molecule has 1 fully saturated rings. The summed E-state index contributed by atoms with van der Waals surface area (Å²) < 4.78 is 33.3. The first kappa shape index (κ1) is 23.9. The summed E-state index contributed by atoms with van der Waals surface area (Å²) in [6.45, 7) is 3.62. The molecule has 10 heteroatoms. The Kier molecular flexibility index (Phi) is 5.30. The second-order valence-corrected chi connectivity index (χ2v) is 10.9. The standard InChI is InChI=1S/C29H28F2N6O2/c1-29(31)5-8-34(9-6-29)28(39)36-11-10-35-17-21(20-13-19(30)12-18(16-36)27(20)35)25-23(38)15-33-26(25)22-14-32-24-4-2-3-7-37(22)24/h2-4,7,12-14,17,33H,5-6,8-11,15-16H2,1H3. The Morgan fingerprint density at radius 1 is 1.10 bits per heavy atom. The van der Waals surface area contributed by atoms with Crippen LogP contribution in [0, 0.1) is 5.82 Å². The van der Waals surface area contributed by atoms with Crippen molar-refractivity contribution in [3.05, 3.63) is 71.6 Å². The molecule has 0 atom stereocenters. The first-order valence-electron chi connectivity index (χ1n) is 13.3. The molecule has 1 saturated heterocycles. The summed E-state index contributed by atoms with van der Waals surface area (Å²) in [6.07, 6.45) is 6.16. The fraction of sp³-hybridized carbons (Fsp3) is 0.345. The van der Waals surface area contributed by atoms with Gasteiger partial charge in [-0.3, -0.25) is 9.20 Å². The number of benzene rings is 1. The van der Waals surface area contributed by atoms with Crippen molar-refractivity contribution in [2.75, 3.05) is 26.2 Å². The average Bonchev–Trinajstić information content (AvgIpc) is 3.57. The van der Waals surface area contributed by atoms with Gasteiger partial charge in [-0.2, -0.15) is 0 Å². The number of halogens is 2. The fourth-order valence-corrected chi connectivity index (χ4v) is 6.13. The Labute approximate surface area is 223 Å². The molecule has 0 bridgehead atoms. The molecule has 8 nitrogen and oxygen atoms in total. The minimum atomic E-state index is -1.25. The number of likely N-dealkylation sites (tertiary alicyclic amines) is 1. The number of hydrogen-bond acceptors (Lipinski definition) is 4. The van der Waals surface area contributed by atoms with Crippen molar-refractivity contribution in [1.82, 2.24) is 29.1 Å². The van der Waals surface area contributed by atoms with Crippen molar-refractivity contribution in [2.24, 2.45) is 0 Å². The Morgan fingerprint density at radius 3 is 2.74 bits per heavy atom. The van der Waals surface area contributed by atoms with Gasteiger partial charge in [-0.05, 0) is 49.6 Å². The number of imidazole rings is 1. The SMILES string of the molecule is CC1(F)CCN(C(=O)N2CCn3cc(C4=C(c5cnc6ccccn56)NCC4=O)c4cc(F)cc(c43)C2)CC1. The molecular formula is C29H28F2N6O2. The van der Waals surface area contributed by atoms with Crippen molar-refractivity contribution in [2.45, 2.75) is 38.5 Å². The number of Topliss-reactive ketones (excluding diaryl/α,β-unsaturated/α-hetero) is 1. The van der Waals surface area contributed by atoms with E-state index in [2.05, 4.69) is 10.3 Å². The Balaban J connectivity index is 1.30. The third-order valence-electron chi connectivity index (χ3n) is 8.23. The number of carbonyl (C=O) groups excluding carboxylic acids is 2. The van der Waals surface area contributed by atoms with Crippen molar-refractivity contribution in [3.63, 3.8) is 0 Å². The van der Waals surface area contributed by atoms with Gasteiger partial charge in [-0.1, -0.05) is 6.07 Å². The molecule has 0 aliphatic carbocycles. The molecule has 200 valence electrons. The third kappa shape index (κ3) is 3.88. The highest BCUT2D eigenvalue weighted by Crippen LogP contribution is 2.38. The van der Waals surface area contributed by atoms with Crippen LogP contribution >= 0.6 is 0 Å². The monoisotopic (exact) mass is 530 g/mol. The lowest BCUT2D eigenvalue weighted by Gasteiger charge is -2.37. The highest BCUT2D eigenvalue weighted by atomic mass is 19.1. The van der Waals surface area contributed by atoms with Crippen LogP contribution in [0.25, 0.3) is 27.8 Å². The number of hydrogen-bond donors (Lipinski definition) is 1. The maximum atomic E-state index is 15.1. The lowest BCUT2D eigenvalue weighted by atomic mass is 9.96. The van der Waals surface area contributed by atoms with E-state index in [0.717, 1.165) is 16.9 Å².